The largest absolute Gasteiger partial charge is 0.496 e. The highest BCUT2D eigenvalue weighted by molar-refractivity contribution is 5.76. The van der Waals surface area contributed by atoms with Gasteiger partial charge in [0.25, 0.3) is 0 Å². The van der Waals surface area contributed by atoms with E-state index in [1.165, 1.54) is 0 Å². The first-order valence-corrected chi connectivity index (χ1v) is 14.2. The number of nitrogens with zero attached hydrogens (tertiary/aromatic N) is 1. The molecule has 0 radical (unpaired) electrons. The topological polar surface area (TPSA) is 117 Å². The van der Waals surface area contributed by atoms with E-state index in [2.05, 4.69) is 5.32 Å². The normalized spacial score (nSPS) is 17.3. The van der Waals surface area contributed by atoms with Crippen LogP contribution in [0.4, 0.5) is 0 Å². The van der Waals surface area contributed by atoms with Crippen molar-refractivity contribution in [1.29, 1.82) is 0 Å². The Balaban J connectivity index is 1.57. The number of amides is 1. The van der Waals surface area contributed by atoms with Gasteiger partial charge < -0.3 is 38.8 Å². The minimum absolute atomic E-state index is 0.0791. The van der Waals surface area contributed by atoms with Gasteiger partial charge in [0.2, 0.25) is 11.7 Å². The molecule has 2 heterocycles. The van der Waals surface area contributed by atoms with Crippen LogP contribution >= 0.6 is 0 Å². The molecule has 1 atom stereocenters. The molecule has 0 aliphatic carbocycles. The first-order chi connectivity index (χ1) is 20.4. The van der Waals surface area contributed by atoms with Gasteiger partial charge in [-0.3, -0.25) is 9.63 Å². The van der Waals surface area contributed by atoms with Gasteiger partial charge in [0, 0.05) is 48.8 Å². The first kappa shape index (κ1) is 31.3. The summed E-state index contributed by atoms with van der Waals surface area (Å²) in [6, 6.07) is 7.23. The van der Waals surface area contributed by atoms with E-state index in [1.54, 1.807) is 59.8 Å². The maximum absolute atomic E-state index is 11.7. The summed E-state index contributed by atoms with van der Waals surface area (Å²) in [5.41, 5.74) is 1.86. The third kappa shape index (κ3) is 6.86. The van der Waals surface area contributed by atoms with Crippen molar-refractivity contribution >= 4 is 11.7 Å². The lowest BCUT2D eigenvalue weighted by Gasteiger charge is -2.32. The van der Waals surface area contributed by atoms with E-state index >= 15 is 0 Å². The number of aliphatic hydroxyl groups excluding tert-OH is 1. The molecule has 230 valence electrons. The molecule has 2 aromatic carbocycles. The number of aliphatic hydroxyl groups is 1. The summed E-state index contributed by atoms with van der Waals surface area (Å²) in [4.78, 5) is 17.8. The van der Waals surface area contributed by atoms with Crippen molar-refractivity contribution in [1.82, 2.24) is 10.4 Å². The highest BCUT2D eigenvalue weighted by Gasteiger charge is 2.33. The van der Waals surface area contributed by atoms with Crippen LogP contribution in [0.1, 0.15) is 56.3 Å². The van der Waals surface area contributed by atoms with Crippen LogP contribution in [-0.4, -0.2) is 77.4 Å². The summed E-state index contributed by atoms with van der Waals surface area (Å²) in [6.45, 7) is 3.80. The number of fused-ring (bicyclic) bond motifs is 1. The van der Waals surface area contributed by atoms with Crippen molar-refractivity contribution in [3.8, 4) is 34.5 Å². The third-order valence-corrected chi connectivity index (χ3v) is 7.57. The number of hydroxylamine groups is 2. The lowest BCUT2D eigenvalue weighted by molar-refractivity contribution is -0.172. The zero-order valence-corrected chi connectivity index (χ0v) is 25.3. The van der Waals surface area contributed by atoms with Gasteiger partial charge in [0.15, 0.2) is 11.5 Å². The standard InChI is InChI=1S/C31H42N2O9/c1-7-27(34)32-20-10-12-33(13-11-20)41-14-8-9-22-29(35)28-23(37-3)17-21(36-2)18-24(28)42-30(22)19-15-25(38-4)31(40-6)26(16-19)39-5/h15-18,20,29,35H,7-14H2,1-6H3,(H,32,34). The quantitative estimate of drug-likeness (QED) is 0.330. The summed E-state index contributed by atoms with van der Waals surface area (Å²) < 4.78 is 34.2. The number of carbonyl (C=O) groups is 1. The van der Waals surface area contributed by atoms with Crippen molar-refractivity contribution in [2.75, 3.05) is 55.2 Å². The molecular formula is C31H42N2O9. The number of rotatable bonds is 13. The molecule has 0 spiro atoms. The van der Waals surface area contributed by atoms with Gasteiger partial charge in [-0.2, -0.15) is 5.06 Å². The summed E-state index contributed by atoms with van der Waals surface area (Å²) in [5, 5.41) is 16.7. The second-order valence-electron chi connectivity index (χ2n) is 10.1. The van der Waals surface area contributed by atoms with E-state index in [9.17, 15) is 9.90 Å². The number of hydrogen-bond donors (Lipinski definition) is 2. The molecule has 0 saturated carbocycles. The molecule has 11 heteroatoms. The molecule has 42 heavy (non-hydrogen) atoms. The number of carbonyl (C=O) groups excluding carboxylic acids is 1. The fourth-order valence-electron chi connectivity index (χ4n) is 5.31. The average molecular weight is 587 g/mol. The highest BCUT2D eigenvalue weighted by Crippen LogP contribution is 2.50. The predicted octanol–water partition coefficient (Wildman–Crippen LogP) is 4.27. The van der Waals surface area contributed by atoms with E-state index < -0.39 is 6.10 Å². The Morgan fingerprint density at radius 3 is 2.19 bits per heavy atom. The van der Waals surface area contributed by atoms with Crippen LogP contribution in [-0.2, 0) is 9.63 Å². The molecule has 2 aromatic rings. The molecule has 0 bridgehead atoms. The molecule has 1 saturated heterocycles. The highest BCUT2D eigenvalue weighted by atomic mass is 16.7. The van der Waals surface area contributed by atoms with Gasteiger partial charge in [-0.15, -0.1) is 0 Å². The molecule has 2 aliphatic heterocycles. The SMILES string of the molecule is CCC(=O)NC1CCN(OCCCC2=C(c3cc(OC)c(OC)c(OC)c3)Oc3cc(OC)cc(OC)c3C2O)CC1. The van der Waals surface area contributed by atoms with E-state index in [0.717, 1.165) is 25.9 Å². The van der Waals surface area contributed by atoms with Gasteiger partial charge in [-0.05, 0) is 37.8 Å². The van der Waals surface area contributed by atoms with Crippen molar-refractivity contribution in [2.24, 2.45) is 0 Å². The van der Waals surface area contributed by atoms with Crippen molar-refractivity contribution in [3.05, 3.63) is 41.0 Å². The van der Waals surface area contributed by atoms with Crippen molar-refractivity contribution < 1.29 is 43.2 Å². The molecule has 2 aliphatic rings. The van der Waals surface area contributed by atoms with Crippen LogP contribution in [0, 0.1) is 0 Å². The maximum atomic E-state index is 11.7. The number of hydrogen-bond acceptors (Lipinski definition) is 10. The van der Waals surface area contributed by atoms with E-state index in [0.29, 0.717) is 82.8 Å². The number of methoxy groups -OCH3 is 5. The Hall–Kier alpha value is -3.67. The summed E-state index contributed by atoms with van der Waals surface area (Å²) in [7, 11) is 7.76. The van der Waals surface area contributed by atoms with Crippen molar-refractivity contribution in [3.63, 3.8) is 0 Å². The van der Waals surface area contributed by atoms with Gasteiger partial charge in [-0.25, -0.2) is 0 Å². The predicted molar refractivity (Wildman–Crippen MR) is 156 cm³/mol. The van der Waals surface area contributed by atoms with Crippen LogP contribution in [0.5, 0.6) is 34.5 Å². The minimum atomic E-state index is -0.999. The molecule has 1 fully saturated rings. The Bertz CT molecular complexity index is 1250. The second kappa shape index (κ2) is 14.5. The van der Waals surface area contributed by atoms with Crippen LogP contribution in [0.15, 0.2) is 29.8 Å². The molecule has 1 amide bonds. The number of ether oxygens (including phenoxy) is 6. The van der Waals surface area contributed by atoms with Gasteiger partial charge in [0.1, 0.15) is 29.1 Å². The average Bonchev–Trinajstić information content (AvgIpc) is 3.02. The second-order valence-corrected chi connectivity index (χ2v) is 10.1. The number of nitrogens with one attached hydrogen (secondary N) is 1. The minimum Gasteiger partial charge on any atom is -0.496 e. The van der Waals surface area contributed by atoms with E-state index in [4.69, 9.17) is 33.3 Å². The number of benzene rings is 2. The van der Waals surface area contributed by atoms with Gasteiger partial charge >= 0.3 is 0 Å². The van der Waals surface area contributed by atoms with Crippen LogP contribution in [0.25, 0.3) is 5.76 Å². The Morgan fingerprint density at radius 1 is 0.952 bits per heavy atom. The molecule has 4 rings (SSSR count). The Labute approximate surface area is 247 Å². The van der Waals surface area contributed by atoms with Crippen LogP contribution in [0.2, 0.25) is 0 Å². The van der Waals surface area contributed by atoms with Gasteiger partial charge in [0.05, 0.1) is 47.7 Å². The van der Waals surface area contributed by atoms with Crippen LogP contribution in [0.3, 0.4) is 0 Å². The zero-order valence-electron chi connectivity index (χ0n) is 25.3. The van der Waals surface area contributed by atoms with E-state index in [-0.39, 0.29) is 11.9 Å². The molecule has 0 aromatic heterocycles. The maximum Gasteiger partial charge on any atom is 0.219 e. The molecular weight excluding hydrogens is 544 g/mol. The lowest BCUT2D eigenvalue weighted by Crippen LogP contribution is -2.44. The molecule has 2 N–H and O–H groups in total. The van der Waals surface area contributed by atoms with E-state index in [1.807, 2.05) is 12.0 Å². The first-order valence-electron chi connectivity index (χ1n) is 14.2. The Morgan fingerprint density at radius 2 is 1.62 bits per heavy atom. The van der Waals surface area contributed by atoms with Gasteiger partial charge in [-0.1, -0.05) is 6.92 Å². The number of piperidine rings is 1. The zero-order chi connectivity index (χ0) is 30.2. The summed E-state index contributed by atoms with van der Waals surface area (Å²) in [5.74, 6) is 3.38. The smallest absolute Gasteiger partial charge is 0.219 e. The monoisotopic (exact) mass is 586 g/mol. The van der Waals surface area contributed by atoms with Crippen molar-refractivity contribution in [2.45, 2.75) is 51.2 Å². The molecule has 1 unspecified atom stereocenters. The van der Waals surface area contributed by atoms with Crippen LogP contribution < -0.4 is 33.7 Å². The Kier molecular flexibility index (Phi) is 10.8. The molecule has 11 nitrogen and oxygen atoms in total. The fourth-order valence-corrected chi connectivity index (χ4v) is 5.31. The lowest BCUT2D eigenvalue weighted by atomic mass is 9.90. The summed E-state index contributed by atoms with van der Waals surface area (Å²) in [6.07, 6.45) is 2.30. The fraction of sp³-hybridized carbons (Fsp3) is 0.516. The third-order valence-electron chi connectivity index (χ3n) is 7.57. The summed E-state index contributed by atoms with van der Waals surface area (Å²) >= 11 is 0.